The van der Waals surface area contributed by atoms with Crippen LogP contribution < -0.4 is 5.73 Å². The van der Waals surface area contributed by atoms with Crippen molar-refractivity contribution in [2.75, 3.05) is 0 Å². The molecule has 0 aliphatic carbocycles. The number of aromatic nitrogens is 1. The molecule has 5 heteroatoms. The van der Waals surface area contributed by atoms with Gasteiger partial charge in [0.2, 0.25) is 0 Å². The number of hydrogen-bond acceptors (Lipinski definition) is 2. The number of aromatic carboxylic acids is 1. The molecule has 1 aromatic carbocycles. The molecule has 0 saturated heterocycles. The minimum Gasteiger partial charge on any atom is -0.478 e. The van der Waals surface area contributed by atoms with Gasteiger partial charge in [-0.2, -0.15) is 0 Å². The van der Waals surface area contributed by atoms with Crippen LogP contribution in [0.3, 0.4) is 0 Å². The van der Waals surface area contributed by atoms with E-state index >= 15 is 0 Å². The van der Waals surface area contributed by atoms with E-state index < -0.39 is 11.9 Å². The van der Waals surface area contributed by atoms with E-state index in [1.807, 2.05) is 0 Å². The van der Waals surface area contributed by atoms with Crippen LogP contribution >= 0.6 is 0 Å². The van der Waals surface area contributed by atoms with Gasteiger partial charge < -0.3 is 15.8 Å². The number of rotatable bonds is 2. The summed E-state index contributed by atoms with van der Waals surface area (Å²) in [6.45, 7) is 0. The number of carbonyl (C=O) groups is 2. The zero-order valence-electron chi connectivity index (χ0n) is 7.65. The number of carboxylic acid groups (broad SMARTS) is 1. The molecule has 4 N–H and O–H groups in total. The zero-order valence-corrected chi connectivity index (χ0v) is 7.65. The fraction of sp³-hybridized carbons (Fsp3) is 0. The Morgan fingerprint density at radius 2 is 2.00 bits per heavy atom. The van der Waals surface area contributed by atoms with Crippen LogP contribution in [0.15, 0.2) is 24.4 Å². The van der Waals surface area contributed by atoms with Crippen molar-refractivity contribution in [1.82, 2.24) is 4.98 Å². The largest absolute Gasteiger partial charge is 0.478 e. The van der Waals surface area contributed by atoms with Crippen LogP contribution in [0.5, 0.6) is 0 Å². The lowest BCUT2D eigenvalue weighted by atomic mass is 10.1. The Bertz CT molecular complexity index is 557. The zero-order chi connectivity index (χ0) is 11.0. The Labute approximate surface area is 84.5 Å². The van der Waals surface area contributed by atoms with Crippen molar-refractivity contribution in [3.63, 3.8) is 0 Å². The molecule has 0 aliphatic heterocycles. The number of carbonyl (C=O) groups excluding carboxylic acids is 1. The van der Waals surface area contributed by atoms with Gasteiger partial charge in [-0.1, -0.05) is 12.1 Å². The lowest BCUT2D eigenvalue weighted by Gasteiger charge is -1.97. The van der Waals surface area contributed by atoms with Gasteiger partial charge in [0, 0.05) is 11.6 Å². The van der Waals surface area contributed by atoms with Crippen LogP contribution in [-0.2, 0) is 0 Å². The van der Waals surface area contributed by atoms with Crippen molar-refractivity contribution in [2.45, 2.75) is 0 Å². The summed E-state index contributed by atoms with van der Waals surface area (Å²) in [5.41, 5.74) is 5.98. The van der Waals surface area contributed by atoms with E-state index in [2.05, 4.69) is 4.98 Å². The van der Waals surface area contributed by atoms with Gasteiger partial charge in [0.1, 0.15) is 0 Å². The summed E-state index contributed by atoms with van der Waals surface area (Å²) < 4.78 is 0. The molecule has 0 saturated carbocycles. The summed E-state index contributed by atoms with van der Waals surface area (Å²) in [5.74, 6) is -1.62. The average molecular weight is 204 g/mol. The topological polar surface area (TPSA) is 96.2 Å². The fourth-order valence-corrected chi connectivity index (χ4v) is 1.54. The second kappa shape index (κ2) is 3.13. The molecular weight excluding hydrogens is 196 g/mol. The molecule has 2 rings (SSSR count). The number of para-hydroxylation sites is 1. The van der Waals surface area contributed by atoms with E-state index in [-0.39, 0.29) is 5.56 Å². The van der Waals surface area contributed by atoms with E-state index in [0.29, 0.717) is 16.5 Å². The van der Waals surface area contributed by atoms with E-state index in [1.54, 1.807) is 12.1 Å². The molecule has 0 radical (unpaired) electrons. The number of H-pyrrole nitrogens is 1. The highest BCUT2D eigenvalue weighted by Gasteiger charge is 2.14. The van der Waals surface area contributed by atoms with E-state index in [9.17, 15) is 9.59 Å². The Hall–Kier alpha value is -2.30. The molecule has 0 bridgehead atoms. The Morgan fingerprint density at radius 1 is 1.27 bits per heavy atom. The quantitative estimate of drug-likeness (QED) is 0.679. The second-order valence-electron chi connectivity index (χ2n) is 3.10. The molecule has 0 fully saturated rings. The molecular formula is C10H8N2O3. The van der Waals surface area contributed by atoms with E-state index in [1.165, 1.54) is 12.3 Å². The highest BCUT2D eigenvalue weighted by atomic mass is 16.4. The summed E-state index contributed by atoms with van der Waals surface area (Å²) in [6.07, 6.45) is 1.42. The highest BCUT2D eigenvalue weighted by Crippen LogP contribution is 2.21. The van der Waals surface area contributed by atoms with E-state index in [4.69, 9.17) is 10.8 Å². The van der Waals surface area contributed by atoms with Gasteiger partial charge in [0.05, 0.1) is 16.6 Å². The lowest BCUT2D eigenvalue weighted by molar-refractivity contribution is 0.0698. The molecule has 1 amide bonds. The van der Waals surface area contributed by atoms with Gasteiger partial charge in [-0.05, 0) is 6.07 Å². The lowest BCUT2D eigenvalue weighted by Crippen LogP contribution is -2.09. The van der Waals surface area contributed by atoms with Gasteiger partial charge in [-0.15, -0.1) is 0 Å². The number of nitrogens with one attached hydrogen (secondary N) is 1. The molecule has 15 heavy (non-hydrogen) atoms. The van der Waals surface area contributed by atoms with Gasteiger partial charge in [-0.3, -0.25) is 4.79 Å². The summed E-state index contributed by atoms with van der Waals surface area (Å²) in [7, 11) is 0. The van der Waals surface area contributed by atoms with Crippen molar-refractivity contribution >= 4 is 22.8 Å². The first-order valence-electron chi connectivity index (χ1n) is 4.24. The molecule has 0 aliphatic rings. The number of hydrogen-bond donors (Lipinski definition) is 3. The number of primary amides is 1. The van der Waals surface area contributed by atoms with Gasteiger partial charge in [0.25, 0.3) is 5.91 Å². The van der Waals surface area contributed by atoms with Crippen LogP contribution in [-0.4, -0.2) is 22.0 Å². The van der Waals surface area contributed by atoms with Gasteiger partial charge in [0.15, 0.2) is 0 Å². The van der Waals surface area contributed by atoms with E-state index in [0.717, 1.165) is 0 Å². The summed E-state index contributed by atoms with van der Waals surface area (Å²) in [6, 6.07) is 4.69. The normalized spacial score (nSPS) is 10.4. The summed E-state index contributed by atoms with van der Waals surface area (Å²) in [5, 5.41) is 9.42. The molecule has 1 heterocycles. The first-order chi connectivity index (χ1) is 7.11. The number of aromatic amines is 1. The maximum Gasteiger partial charge on any atom is 0.337 e. The SMILES string of the molecule is NC(=O)c1c[nH]c2c(C(=O)O)cccc12. The summed E-state index contributed by atoms with van der Waals surface area (Å²) in [4.78, 5) is 24.6. The van der Waals surface area contributed by atoms with Crippen molar-refractivity contribution in [2.24, 2.45) is 5.73 Å². The number of carboxylic acids is 1. The number of nitrogens with two attached hydrogens (primary N) is 1. The smallest absolute Gasteiger partial charge is 0.337 e. The molecule has 1 aromatic heterocycles. The number of benzene rings is 1. The maximum atomic E-state index is 11.0. The molecule has 0 unspecified atom stereocenters. The fourth-order valence-electron chi connectivity index (χ4n) is 1.54. The third-order valence-corrected chi connectivity index (χ3v) is 2.21. The minimum absolute atomic E-state index is 0.125. The highest BCUT2D eigenvalue weighted by molar-refractivity contribution is 6.11. The molecule has 2 aromatic rings. The maximum absolute atomic E-state index is 11.0. The Balaban J connectivity index is 2.80. The first kappa shape index (κ1) is 9.26. The van der Waals surface area contributed by atoms with Crippen molar-refractivity contribution in [3.8, 4) is 0 Å². The number of amides is 1. The van der Waals surface area contributed by atoms with Crippen LogP contribution in [0.2, 0.25) is 0 Å². The first-order valence-corrected chi connectivity index (χ1v) is 4.24. The van der Waals surface area contributed by atoms with Crippen LogP contribution in [0, 0.1) is 0 Å². The molecule has 5 nitrogen and oxygen atoms in total. The van der Waals surface area contributed by atoms with Crippen molar-refractivity contribution in [3.05, 3.63) is 35.5 Å². The van der Waals surface area contributed by atoms with Crippen molar-refractivity contribution in [1.29, 1.82) is 0 Å². The molecule has 0 spiro atoms. The van der Waals surface area contributed by atoms with Crippen LogP contribution in [0.1, 0.15) is 20.7 Å². The van der Waals surface area contributed by atoms with Gasteiger partial charge >= 0.3 is 5.97 Å². The van der Waals surface area contributed by atoms with Gasteiger partial charge in [-0.25, -0.2) is 4.79 Å². The third-order valence-electron chi connectivity index (χ3n) is 2.21. The monoisotopic (exact) mass is 204 g/mol. The third kappa shape index (κ3) is 1.34. The van der Waals surface area contributed by atoms with Crippen molar-refractivity contribution < 1.29 is 14.7 Å². The summed E-state index contributed by atoms with van der Waals surface area (Å²) >= 11 is 0. The predicted molar refractivity (Wildman–Crippen MR) is 53.8 cm³/mol. The second-order valence-corrected chi connectivity index (χ2v) is 3.10. The molecule has 0 atom stereocenters. The minimum atomic E-state index is -1.04. The average Bonchev–Trinajstić information content (AvgIpc) is 2.59. The number of fused-ring (bicyclic) bond motifs is 1. The standard InChI is InChI=1S/C10H8N2O3/c11-9(13)7-4-12-8-5(7)2-1-3-6(8)10(14)15/h1-4,12H,(H2,11,13)(H,14,15). The molecule has 76 valence electrons. The van der Waals surface area contributed by atoms with Crippen LogP contribution in [0.25, 0.3) is 10.9 Å². The Morgan fingerprint density at radius 3 is 2.60 bits per heavy atom. The predicted octanol–water partition coefficient (Wildman–Crippen LogP) is 0.965. The van der Waals surface area contributed by atoms with Crippen LogP contribution in [0.4, 0.5) is 0 Å². The Kier molecular flexibility index (Phi) is 1.93.